The Labute approximate surface area is 133 Å². The van der Waals surface area contributed by atoms with Crippen LogP contribution in [0.1, 0.15) is 21.5 Å². The second-order valence-electron chi connectivity index (χ2n) is 5.67. The van der Waals surface area contributed by atoms with Crippen molar-refractivity contribution in [3.05, 3.63) is 69.6 Å². The minimum atomic E-state index is -0.415. The number of benzene rings is 1. The lowest BCUT2D eigenvalue weighted by molar-refractivity contribution is 0.102. The second kappa shape index (κ2) is 5.68. The predicted octanol–water partition coefficient (Wildman–Crippen LogP) is 2.80. The molecule has 0 saturated carbocycles. The maximum absolute atomic E-state index is 12.5. The minimum absolute atomic E-state index is 0.104. The first-order valence-corrected chi connectivity index (χ1v) is 7.30. The van der Waals surface area contributed by atoms with E-state index in [9.17, 15) is 9.59 Å². The first kappa shape index (κ1) is 15.0. The van der Waals surface area contributed by atoms with Gasteiger partial charge in [0.15, 0.2) is 0 Å². The van der Waals surface area contributed by atoms with E-state index in [0.717, 1.165) is 16.5 Å². The summed E-state index contributed by atoms with van der Waals surface area (Å²) in [6.07, 6.45) is 1.62. The van der Waals surface area contributed by atoms with Crippen molar-refractivity contribution in [2.24, 2.45) is 7.05 Å². The average molecular weight is 307 g/mol. The number of nitrogens with zero attached hydrogens (tertiary/aromatic N) is 2. The zero-order valence-corrected chi connectivity index (χ0v) is 13.3. The van der Waals surface area contributed by atoms with E-state index >= 15 is 0 Å². The molecule has 0 spiro atoms. The first-order chi connectivity index (χ1) is 11.0. The molecule has 0 radical (unpaired) electrons. The van der Waals surface area contributed by atoms with Gasteiger partial charge in [0.05, 0.1) is 0 Å². The molecular formula is C18H17N3O2. The number of fused-ring (bicyclic) bond motifs is 1. The number of carbonyl (C=O) groups excluding carboxylic acids is 1. The van der Waals surface area contributed by atoms with Crippen molar-refractivity contribution in [1.29, 1.82) is 0 Å². The van der Waals surface area contributed by atoms with E-state index in [1.807, 2.05) is 38.1 Å². The summed E-state index contributed by atoms with van der Waals surface area (Å²) in [6.45, 7) is 3.92. The van der Waals surface area contributed by atoms with E-state index in [0.29, 0.717) is 11.3 Å². The van der Waals surface area contributed by atoms with Gasteiger partial charge in [-0.2, -0.15) is 0 Å². The standard InChI is InChI=1S/C18H17N3O2/c1-11-7-12(2)9-14(8-11)20-17(22)15-10-13-5-4-6-19-16(13)21(3)18(15)23/h4-10H,1-3H3,(H,20,22). The van der Waals surface area contributed by atoms with Crippen LogP contribution < -0.4 is 10.9 Å². The number of aryl methyl sites for hydroxylation is 3. The van der Waals surface area contributed by atoms with E-state index < -0.39 is 5.91 Å². The number of hydrogen-bond donors (Lipinski definition) is 1. The van der Waals surface area contributed by atoms with Gasteiger partial charge in [0.1, 0.15) is 11.2 Å². The van der Waals surface area contributed by atoms with Gasteiger partial charge in [-0.05, 0) is 55.3 Å². The number of hydrogen-bond acceptors (Lipinski definition) is 3. The SMILES string of the molecule is Cc1cc(C)cc(NC(=O)c2cc3cccnc3n(C)c2=O)c1. The maximum Gasteiger partial charge on any atom is 0.264 e. The molecule has 3 rings (SSSR count). The van der Waals surface area contributed by atoms with Gasteiger partial charge >= 0.3 is 0 Å². The fraction of sp³-hybridized carbons (Fsp3) is 0.167. The Balaban J connectivity index is 2.04. The van der Waals surface area contributed by atoms with Crippen molar-refractivity contribution in [2.45, 2.75) is 13.8 Å². The fourth-order valence-corrected chi connectivity index (χ4v) is 2.70. The van der Waals surface area contributed by atoms with Gasteiger partial charge in [-0.1, -0.05) is 6.07 Å². The molecule has 3 aromatic rings. The molecule has 0 aliphatic rings. The third-order valence-electron chi connectivity index (χ3n) is 3.69. The summed E-state index contributed by atoms with van der Waals surface area (Å²) in [5.41, 5.74) is 3.08. The molecule has 5 heteroatoms. The molecule has 2 aromatic heterocycles. The highest BCUT2D eigenvalue weighted by Gasteiger charge is 2.15. The van der Waals surface area contributed by atoms with Crippen molar-refractivity contribution in [1.82, 2.24) is 9.55 Å². The number of anilines is 1. The van der Waals surface area contributed by atoms with Crippen molar-refractivity contribution in [3.8, 4) is 0 Å². The lowest BCUT2D eigenvalue weighted by atomic mass is 10.1. The molecule has 1 amide bonds. The normalized spacial score (nSPS) is 10.7. The van der Waals surface area contributed by atoms with Crippen LogP contribution in [0.25, 0.3) is 11.0 Å². The quantitative estimate of drug-likeness (QED) is 0.792. The van der Waals surface area contributed by atoms with Crippen LogP contribution in [0.4, 0.5) is 5.69 Å². The summed E-state index contributed by atoms with van der Waals surface area (Å²) in [6, 6.07) is 11.0. The topological polar surface area (TPSA) is 64.0 Å². The summed E-state index contributed by atoms with van der Waals surface area (Å²) < 4.78 is 1.39. The van der Waals surface area contributed by atoms with Crippen LogP contribution in [0.15, 0.2) is 47.4 Å². The Morgan fingerprint density at radius 1 is 1.13 bits per heavy atom. The molecule has 0 unspecified atom stereocenters. The van der Waals surface area contributed by atoms with Crippen LogP contribution in [0, 0.1) is 13.8 Å². The summed E-state index contributed by atoms with van der Waals surface area (Å²) in [4.78, 5) is 29.1. The van der Waals surface area contributed by atoms with E-state index in [-0.39, 0.29) is 11.1 Å². The van der Waals surface area contributed by atoms with E-state index in [1.165, 1.54) is 4.57 Å². The molecule has 23 heavy (non-hydrogen) atoms. The highest BCUT2D eigenvalue weighted by Crippen LogP contribution is 2.15. The Bertz CT molecular complexity index is 953. The van der Waals surface area contributed by atoms with Crippen LogP contribution >= 0.6 is 0 Å². The lowest BCUT2D eigenvalue weighted by Crippen LogP contribution is -2.28. The molecule has 1 aromatic carbocycles. The summed E-state index contributed by atoms with van der Waals surface area (Å²) >= 11 is 0. The molecule has 0 fully saturated rings. The van der Waals surface area contributed by atoms with Crippen molar-refractivity contribution in [3.63, 3.8) is 0 Å². The van der Waals surface area contributed by atoms with E-state index in [4.69, 9.17) is 0 Å². The zero-order chi connectivity index (χ0) is 16.6. The van der Waals surface area contributed by atoms with Crippen molar-refractivity contribution < 1.29 is 4.79 Å². The molecule has 1 N–H and O–H groups in total. The second-order valence-corrected chi connectivity index (χ2v) is 5.67. The van der Waals surface area contributed by atoms with Gasteiger partial charge in [-0.3, -0.25) is 14.2 Å². The molecule has 5 nitrogen and oxygen atoms in total. The minimum Gasteiger partial charge on any atom is -0.322 e. The predicted molar refractivity (Wildman–Crippen MR) is 90.9 cm³/mol. The summed E-state index contributed by atoms with van der Waals surface area (Å²) in [5.74, 6) is -0.415. The Kier molecular flexibility index (Phi) is 3.70. The molecule has 0 saturated heterocycles. The third-order valence-corrected chi connectivity index (χ3v) is 3.69. The van der Waals surface area contributed by atoms with Crippen LogP contribution in [-0.2, 0) is 7.05 Å². The molecule has 0 bridgehead atoms. The Morgan fingerprint density at radius 2 is 1.83 bits per heavy atom. The maximum atomic E-state index is 12.5. The van der Waals surface area contributed by atoms with E-state index in [1.54, 1.807) is 25.4 Å². The number of nitrogens with one attached hydrogen (secondary N) is 1. The smallest absolute Gasteiger partial charge is 0.264 e. The number of carbonyl (C=O) groups is 1. The highest BCUT2D eigenvalue weighted by atomic mass is 16.2. The molecule has 0 aliphatic heterocycles. The van der Waals surface area contributed by atoms with E-state index in [2.05, 4.69) is 10.3 Å². The van der Waals surface area contributed by atoms with Crippen LogP contribution in [0.3, 0.4) is 0 Å². The Morgan fingerprint density at radius 3 is 2.52 bits per heavy atom. The molecular weight excluding hydrogens is 290 g/mol. The molecule has 0 atom stereocenters. The van der Waals surface area contributed by atoms with Gasteiger partial charge in [-0.25, -0.2) is 4.98 Å². The van der Waals surface area contributed by atoms with Crippen molar-refractivity contribution >= 4 is 22.6 Å². The van der Waals surface area contributed by atoms with Crippen molar-refractivity contribution in [2.75, 3.05) is 5.32 Å². The lowest BCUT2D eigenvalue weighted by Gasteiger charge is -2.10. The zero-order valence-electron chi connectivity index (χ0n) is 13.3. The van der Waals surface area contributed by atoms with Crippen LogP contribution in [0.2, 0.25) is 0 Å². The largest absolute Gasteiger partial charge is 0.322 e. The number of pyridine rings is 2. The third kappa shape index (κ3) is 2.85. The number of amides is 1. The van der Waals surface area contributed by atoms with Crippen LogP contribution in [-0.4, -0.2) is 15.5 Å². The van der Waals surface area contributed by atoms with Gasteiger partial charge in [-0.15, -0.1) is 0 Å². The van der Waals surface area contributed by atoms with Gasteiger partial charge in [0.25, 0.3) is 11.5 Å². The number of aromatic nitrogens is 2. The average Bonchev–Trinajstić information content (AvgIpc) is 2.49. The molecule has 2 heterocycles. The molecule has 0 aliphatic carbocycles. The Hall–Kier alpha value is -2.95. The van der Waals surface area contributed by atoms with Gasteiger partial charge in [0, 0.05) is 24.3 Å². The number of rotatable bonds is 2. The van der Waals surface area contributed by atoms with Gasteiger partial charge < -0.3 is 5.32 Å². The monoisotopic (exact) mass is 307 g/mol. The van der Waals surface area contributed by atoms with Crippen LogP contribution in [0.5, 0.6) is 0 Å². The highest BCUT2D eigenvalue weighted by molar-refractivity contribution is 6.05. The fourth-order valence-electron chi connectivity index (χ4n) is 2.70. The first-order valence-electron chi connectivity index (χ1n) is 7.30. The summed E-state index contributed by atoms with van der Waals surface area (Å²) in [5, 5.41) is 3.55. The summed E-state index contributed by atoms with van der Waals surface area (Å²) in [7, 11) is 1.62. The molecule has 116 valence electrons. The van der Waals surface area contributed by atoms with Gasteiger partial charge in [0.2, 0.25) is 0 Å².